The Kier molecular flexibility index (Phi) is 12.0. The van der Waals surface area contributed by atoms with Gasteiger partial charge in [-0.1, -0.05) is 44.2 Å². The highest BCUT2D eigenvalue weighted by atomic mass is 19.1. The molecule has 5 heteroatoms. The summed E-state index contributed by atoms with van der Waals surface area (Å²) in [6.07, 6.45) is 7.05. The van der Waals surface area contributed by atoms with E-state index >= 15 is 0 Å². The minimum atomic E-state index is -0.263. The maximum absolute atomic E-state index is 13.3. The van der Waals surface area contributed by atoms with E-state index in [4.69, 9.17) is 5.73 Å². The smallest absolute Gasteiger partial charge is 0.123 e. The summed E-state index contributed by atoms with van der Waals surface area (Å²) in [5.41, 5.74) is 15.0. The van der Waals surface area contributed by atoms with Crippen molar-refractivity contribution in [1.82, 2.24) is 15.0 Å². The maximum Gasteiger partial charge on any atom is 0.123 e. The van der Waals surface area contributed by atoms with E-state index < -0.39 is 0 Å². The van der Waals surface area contributed by atoms with Gasteiger partial charge in [-0.3, -0.25) is 15.0 Å². The molecular weight excluding hydrogens is 459 g/mol. The molecule has 4 rings (SSSR count). The summed E-state index contributed by atoms with van der Waals surface area (Å²) in [6, 6.07) is 20.7. The number of aromatic nitrogens is 3. The third-order valence-electron chi connectivity index (χ3n) is 5.33. The van der Waals surface area contributed by atoms with E-state index in [1.54, 1.807) is 24.7 Å². The van der Waals surface area contributed by atoms with E-state index in [9.17, 15) is 4.39 Å². The Balaban J connectivity index is 0.000000247. The second-order valence-electron chi connectivity index (χ2n) is 8.42. The van der Waals surface area contributed by atoms with Gasteiger partial charge < -0.3 is 5.73 Å². The number of halogens is 1. The average molecular weight is 497 g/mol. The highest BCUT2D eigenvalue weighted by molar-refractivity contribution is 5.67. The molecule has 2 heterocycles. The third kappa shape index (κ3) is 9.54. The second kappa shape index (κ2) is 15.2. The monoisotopic (exact) mass is 496 g/mol. The number of nitrogens with zero attached hydrogens (tertiary/aromatic N) is 3. The van der Waals surface area contributed by atoms with Crippen molar-refractivity contribution in [2.45, 2.75) is 48.1 Å². The Morgan fingerprint density at radius 3 is 2.19 bits per heavy atom. The fourth-order valence-electron chi connectivity index (χ4n) is 3.52. The highest BCUT2D eigenvalue weighted by Gasteiger charge is 2.03. The molecule has 37 heavy (non-hydrogen) atoms. The zero-order valence-electron chi connectivity index (χ0n) is 22.7. The lowest BCUT2D eigenvalue weighted by molar-refractivity contribution is 0.628. The van der Waals surface area contributed by atoms with Crippen molar-refractivity contribution in [1.29, 1.82) is 0 Å². The molecule has 0 saturated carbocycles. The SMILES string of the molecule is CC.Cc1cc(-c2ccc(CN)cc2C)ccn1.Cc1cnccc(C)cc(-c2cccc(F)c2)nc1. The average Bonchev–Trinajstić information content (AvgIpc) is 2.90. The van der Waals surface area contributed by atoms with Crippen molar-refractivity contribution in [2.75, 3.05) is 0 Å². The van der Waals surface area contributed by atoms with Crippen LogP contribution in [-0.2, 0) is 6.54 Å². The topological polar surface area (TPSA) is 64.7 Å². The zero-order valence-corrected chi connectivity index (χ0v) is 22.7. The van der Waals surface area contributed by atoms with Gasteiger partial charge in [0.1, 0.15) is 5.82 Å². The van der Waals surface area contributed by atoms with Gasteiger partial charge in [-0.05, 0) is 97.5 Å². The van der Waals surface area contributed by atoms with Crippen LogP contribution >= 0.6 is 0 Å². The Morgan fingerprint density at radius 2 is 1.51 bits per heavy atom. The first-order valence-corrected chi connectivity index (χ1v) is 12.5. The maximum atomic E-state index is 13.3. The van der Waals surface area contributed by atoms with Gasteiger partial charge in [-0.15, -0.1) is 0 Å². The predicted octanol–water partition coefficient (Wildman–Crippen LogP) is 7.87. The zero-order chi connectivity index (χ0) is 27.2. The molecule has 4 aromatic rings. The first-order valence-electron chi connectivity index (χ1n) is 12.5. The lowest BCUT2D eigenvalue weighted by Gasteiger charge is -2.08. The number of rotatable bonds is 3. The van der Waals surface area contributed by atoms with Crippen LogP contribution in [0.25, 0.3) is 22.4 Å². The van der Waals surface area contributed by atoms with Crippen molar-refractivity contribution in [3.63, 3.8) is 0 Å². The molecule has 0 saturated heterocycles. The molecule has 0 aliphatic rings. The van der Waals surface area contributed by atoms with Crippen LogP contribution in [0.5, 0.6) is 0 Å². The third-order valence-corrected chi connectivity index (χ3v) is 5.33. The van der Waals surface area contributed by atoms with Gasteiger partial charge in [0.15, 0.2) is 0 Å². The van der Waals surface area contributed by atoms with E-state index in [1.807, 2.05) is 65.1 Å². The van der Waals surface area contributed by atoms with E-state index in [2.05, 4.69) is 46.1 Å². The van der Waals surface area contributed by atoms with Gasteiger partial charge in [0.25, 0.3) is 0 Å². The van der Waals surface area contributed by atoms with Crippen molar-refractivity contribution in [2.24, 2.45) is 5.73 Å². The predicted molar refractivity (Wildman–Crippen MR) is 153 cm³/mol. The van der Waals surface area contributed by atoms with Crippen LogP contribution in [0, 0.1) is 33.5 Å². The van der Waals surface area contributed by atoms with E-state index in [0.29, 0.717) is 6.54 Å². The van der Waals surface area contributed by atoms with Gasteiger partial charge in [0.05, 0.1) is 5.69 Å². The molecule has 0 aliphatic heterocycles. The van der Waals surface area contributed by atoms with Crippen LogP contribution in [0.4, 0.5) is 4.39 Å². The summed E-state index contributed by atoms with van der Waals surface area (Å²) in [5.74, 6) is -0.263. The van der Waals surface area contributed by atoms with E-state index in [-0.39, 0.29) is 5.82 Å². The molecule has 0 fully saturated rings. The van der Waals surface area contributed by atoms with Crippen LogP contribution in [0.2, 0.25) is 0 Å². The molecule has 0 spiro atoms. The van der Waals surface area contributed by atoms with Gasteiger partial charge in [-0.2, -0.15) is 0 Å². The molecule has 0 aliphatic carbocycles. The number of nitrogens with two attached hydrogens (primary N) is 1. The highest BCUT2D eigenvalue weighted by Crippen LogP contribution is 2.24. The van der Waals surface area contributed by atoms with Crippen molar-refractivity contribution >= 4 is 0 Å². The fraction of sp³-hybridized carbons (Fsp3) is 0.219. The first kappa shape index (κ1) is 29.3. The van der Waals surface area contributed by atoms with Crippen LogP contribution in [0.15, 0.2) is 91.5 Å². The minimum absolute atomic E-state index is 0.263. The van der Waals surface area contributed by atoms with Crippen molar-refractivity contribution in [3.05, 3.63) is 125 Å². The van der Waals surface area contributed by atoms with Crippen LogP contribution in [0.1, 0.15) is 41.8 Å². The van der Waals surface area contributed by atoms with E-state index in [1.165, 1.54) is 34.4 Å². The normalized spacial score (nSPS) is 9.73. The molecule has 0 unspecified atom stereocenters. The summed E-state index contributed by atoms with van der Waals surface area (Å²) in [5, 5.41) is 0. The molecule has 192 valence electrons. The van der Waals surface area contributed by atoms with Crippen molar-refractivity contribution < 1.29 is 4.39 Å². The molecular formula is C32H37FN4. The standard InChI is InChI=1S/C16H15FN2.C14H16N2.C2H6/c1-12-6-7-18-10-13(2)11-19-16(8-12)14-4-3-5-15(17)9-14;1-10-7-12(9-15)3-4-14(10)13-5-6-16-11(2)8-13;1-2/h3-11H,1-2H3;3-8H,9,15H2,1-2H3;1-2H3. The molecule has 0 bridgehead atoms. The number of hydrogen-bond donors (Lipinski definition) is 1. The Labute approximate surface area is 220 Å². The van der Waals surface area contributed by atoms with Gasteiger partial charge >= 0.3 is 0 Å². The number of hydrogen-bond acceptors (Lipinski definition) is 4. The summed E-state index contributed by atoms with van der Waals surface area (Å²) >= 11 is 0. The summed E-state index contributed by atoms with van der Waals surface area (Å²) in [7, 11) is 0. The molecule has 0 amide bonds. The Bertz CT molecular complexity index is 1350. The molecule has 2 aromatic carbocycles. The Morgan fingerprint density at radius 1 is 0.730 bits per heavy atom. The largest absolute Gasteiger partial charge is 0.326 e. The quantitative estimate of drug-likeness (QED) is 0.313. The first-order chi connectivity index (χ1) is 17.9. The lowest BCUT2D eigenvalue weighted by atomic mass is 9.99. The number of benzene rings is 2. The molecule has 0 atom stereocenters. The van der Waals surface area contributed by atoms with Crippen LogP contribution < -0.4 is 5.73 Å². The van der Waals surface area contributed by atoms with Crippen molar-refractivity contribution in [3.8, 4) is 22.4 Å². The fourth-order valence-corrected chi connectivity index (χ4v) is 3.52. The molecule has 4 nitrogen and oxygen atoms in total. The molecule has 2 aromatic heterocycles. The summed E-state index contributed by atoms with van der Waals surface area (Å²) in [4.78, 5) is 12.8. The lowest BCUT2D eigenvalue weighted by Crippen LogP contribution is -1.97. The number of aryl methyl sites for hydroxylation is 4. The second-order valence-corrected chi connectivity index (χ2v) is 8.42. The summed E-state index contributed by atoms with van der Waals surface area (Å²) < 4.78 is 13.3. The minimum Gasteiger partial charge on any atom is -0.326 e. The van der Waals surface area contributed by atoms with Gasteiger partial charge in [0, 0.05) is 42.6 Å². The summed E-state index contributed by atoms with van der Waals surface area (Å²) in [6.45, 7) is 12.6. The van der Waals surface area contributed by atoms with Gasteiger partial charge in [-0.25, -0.2) is 4.39 Å². The van der Waals surface area contributed by atoms with Crippen LogP contribution in [0.3, 0.4) is 0 Å². The molecule has 2 N–H and O–H groups in total. The number of pyridine rings is 1. The molecule has 0 radical (unpaired) electrons. The Hall–Kier alpha value is -3.96. The van der Waals surface area contributed by atoms with E-state index in [0.717, 1.165) is 28.1 Å². The van der Waals surface area contributed by atoms with Crippen LogP contribution in [-0.4, -0.2) is 15.0 Å². The van der Waals surface area contributed by atoms with Gasteiger partial charge in [0.2, 0.25) is 0 Å².